The van der Waals surface area contributed by atoms with Gasteiger partial charge < -0.3 is 14.5 Å². The Kier molecular flexibility index (Phi) is 8.66. The number of anilines is 1. The van der Waals surface area contributed by atoms with E-state index < -0.39 is 6.09 Å². The van der Waals surface area contributed by atoms with Gasteiger partial charge in [0.2, 0.25) is 0 Å². The van der Waals surface area contributed by atoms with Crippen LogP contribution < -0.4 is 5.32 Å². The standard InChI is InChI=1S/C27H35N3O3/c1-5-30(6-2)26(31)22-13-11-20(12-14-22)25(21-15-17-29(4)18-16-21)23-9-8-10-24(19-23)28-27(32)33-7-3/h8-14,19H,5-7,15-18H2,1-4H3,(H,28,32). The van der Waals surface area contributed by atoms with E-state index in [1.807, 2.05) is 61.2 Å². The normalized spacial score (nSPS) is 14.0. The maximum Gasteiger partial charge on any atom is 0.411 e. The first-order valence-corrected chi connectivity index (χ1v) is 11.8. The van der Waals surface area contributed by atoms with Crippen molar-refractivity contribution in [2.24, 2.45) is 0 Å². The first-order valence-electron chi connectivity index (χ1n) is 11.8. The number of carbonyl (C=O) groups excluding carboxylic acids is 2. The van der Waals surface area contributed by atoms with Gasteiger partial charge in [-0.3, -0.25) is 10.1 Å². The molecule has 0 radical (unpaired) electrons. The summed E-state index contributed by atoms with van der Waals surface area (Å²) in [6.45, 7) is 9.52. The van der Waals surface area contributed by atoms with Crippen molar-refractivity contribution in [2.75, 3.05) is 45.2 Å². The van der Waals surface area contributed by atoms with Gasteiger partial charge in [0.15, 0.2) is 0 Å². The van der Waals surface area contributed by atoms with Crippen LogP contribution in [0.25, 0.3) is 5.57 Å². The fraction of sp³-hybridized carbons (Fsp3) is 0.407. The average Bonchev–Trinajstić information content (AvgIpc) is 2.82. The van der Waals surface area contributed by atoms with Gasteiger partial charge in [0, 0.05) is 37.4 Å². The molecular formula is C27H35N3O3. The van der Waals surface area contributed by atoms with E-state index in [1.165, 1.54) is 11.1 Å². The van der Waals surface area contributed by atoms with Crippen LogP contribution in [0.5, 0.6) is 0 Å². The van der Waals surface area contributed by atoms with Crippen molar-refractivity contribution in [1.82, 2.24) is 9.80 Å². The summed E-state index contributed by atoms with van der Waals surface area (Å²) in [6, 6.07) is 15.8. The van der Waals surface area contributed by atoms with Crippen LogP contribution in [0.4, 0.5) is 10.5 Å². The number of rotatable bonds is 7. The SMILES string of the molecule is CCOC(=O)Nc1cccc(C(=C2CCN(C)CC2)c2ccc(C(=O)N(CC)CC)cc2)c1. The average molecular weight is 450 g/mol. The highest BCUT2D eigenvalue weighted by Gasteiger charge is 2.19. The lowest BCUT2D eigenvalue weighted by Crippen LogP contribution is -2.30. The molecule has 1 heterocycles. The van der Waals surface area contributed by atoms with Crippen molar-refractivity contribution >= 4 is 23.3 Å². The Morgan fingerprint density at radius 1 is 0.939 bits per heavy atom. The third-order valence-electron chi connectivity index (χ3n) is 6.09. The van der Waals surface area contributed by atoms with Crippen molar-refractivity contribution in [3.05, 3.63) is 70.8 Å². The zero-order valence-electron chi connectivity index (χ0n) is 20.2. The zero-order valence-corrected chi connectivity index (χ0v) is 20.2. The van der Waals surface area contributed by atoms with E-state index in [2.05, 4.69) is 23.3 Å². The maximum absolute atomic E-state index is 12.8. The summed E-state index contributed by atoms with van der Waals surface area (Å²) in [6.07, 6.45) is 1.52. The smallest absolute Gasteiger partial charge is 0.411 e. The third-order valence-corrected chi connectivity index (χ3v) is 6.09. The molecule has 0 atom stereocenters. The Hall–Kier alpha value is -3.12. The summed E-state index contributed by atoms with van der Waals surface area (Å²) in [4.78, 5) is 28.8. The van der Waals surface area contributed by atoms with Crippen LogP contribution in [-0.4, -0.2) is 61.6 Å². The minimum atomic E-state index is -0.456. The summed E-state index contributed by atoms with van der Waals surface area (Å²) in [5.74, 6) is 0.0562. The van der Waals surface area contributed by atoms with Crippen molar-refractivity contribution in [1.29, 1.82) is 0 Å². The first kappa shape index (κ1) is 24.5. The number of piperidine rings is 1. The predicted molar refractivity (Wildman–Crippen MR) is 134 cm³/mol. The third kappa shape index (κ3) is 6.23. The summed E-state index contributed by atoms with van der Waals surface area (Å²) in [5.41, 5.74) is 6.10. The number of carbonyl (C=O) groups is 2. The number of hydrogen-bond acceptors (Lipinski definition) is 4. The highest BCUT2D eigenvalue weighted by Crippen LogP contribution is 2.33. The topological polar surface area (TPSA) is 61.9 Å². The van der Waals surface area contributed by atoms with E-state index in [9.17, 15) is 9.59 Å². The largest absolute Gasteiger partial charge is 0.450 e. The second-order valence-electron chi connectivity index (χ2n) is 8.26. The molecule has 1 saturated heterocycles. The molecule has 6 nitrogen and oxygen atoms in total. The van der Waals surface area contributed by atoms with Gasteiger partial charge in [0.25, 0.3) is 5.91 Å². The number of benzene rings is 2. The highest BCUT2D eigenvalue weighted by atomic mass is 16.5. The molecule has 2 amide bonds. The molecule has 0 saturated carbocycles. The van der Waals surface area contributed by atoms with Crippen LogP contribution in [0, 0.1) is 0 Å². The molecule has 1 fully saturated rings. The van der Waals surface area contributed by atoms with E-state index in [1.54, 1.807) is 6.92 Å². The molecule has 0 unspecified atom stereocenters. The molecule has 1 N–H and O–H groups in total. The molecule has 6 heteroatoms. The second kappa shape index (κ2) is 11.7. The minimum Gasteiger partial charge on any atom is -0.450 e. The van der Waals surface area contributed by atoms with Gasteiger partial charge in [0.1, 0.15) is 0 Å². The molecule has 0 aromatic heterocycles. The molecule has 33 heavy (non-hydrogen) atoms. The molecular weight excluding hydrogens is 414 g/mol. The molecule has 1 aliphatic rings. The Labute approximate surface area is 197 Å². The van der Waals surface area contributed by atoms with Crippen molar-refractivity contribution < 1.29 is 14.3 Å². The number of likely N-dealkylation sites (tertiary alicyclic amines) is 1. The first-order chi connectivity index (χ1) is 16.0. The molecule has 1 aliphatic heterocycles. The van der Waals surface area contributed by atoms with E-state index in [0.29, 0.717) is 30.9 Å². The molecule has 176 valence electrons. The van der Waals surface area contributed by atoms with E-state index in [-0.39, 0.29) is 5.91 Å². The molecule has 2 aromatic carbocycles. The van der Waals surface area contributed by atoms with Gasteiger partial charge in [-0.25, -0.2) is 4.79 Å². The number of nitrogens with zero attached hydrogens (tertiary/aromatic N) is 2. The fourth-order valence-corrected chi connectivity index (χ4v) is 4.22. The van der Waals surface area contributed by atoms with Crippen LogP contribution >= 0.6 is 0 Å². The quantitative estimate of drug-likeness (QED) is 0.626. The summed E-state index contributed by atoms with van der Waals surface area (Å²) in [7, 11) is 2.15. The van der Waals surface area contributed by atoms with Crippen LogP contribution in [-0.2, 0) is 4.74 Å². The van der Waals surface area contributed by atoms with Gasteiger partial charge in [-0.05, 0) is 81.6 Å². The lowest BCUT2D eigenvalue weighted by molar-refractivity contribution is 0.0773. The fourth-order valence-electron chi connectivity index (χ4n) is 4.22. The second-order valence-corrected chi connectivity index (χ2v) is 8.26. The molecule has 2 aromatic rings. The lowest BCUT2D eigenvalue weighted by atomic mass is 9.88. The Bertz CT molecular complexity index is 984. The Balaban J connectivity index is 1.98. The number of amides is 2. The van der Waals surface area contributed by atoms with Crippen molar-refractivity contribution in [3.63, 3.8) is 0 Å². The van der Waals surface area contributed by atoms with Gasteiger partial charge in [-0.1, -0.05) is 29.8 Å². The van der Waals surface area contributed by atoms with Crippen LogP contribution in [0.1, 0.15) is 55.1 Å². The van der Waals surface area contributed by atoms with E-state index >= 15 is 0 Å². The van der Waals surface area contributed by atoms with E-state index in [4.69, 9.17) is 4.74 Å². The number of nitrogens with one attached hydrogen (secondary N) is 1. The summed E-state index contributed by atoms with van der Waals surface area (Å²) < 4.78 is 5.03. The van der Waals surface area contributed by atoms with Crippen LogP contribution in [0.15, 0.2) is 54.1 Å². The van der Waals surface area contributed by atoms with Crippen LogP contribution in [0.2, 0.25) is 0 Å². The van der Waals surface area contributed by atoms with Crippen molar-refractivity contribution in [2.45, 2.75) is 33.6 Å². The van der Waals surface area contributed by atoms with Crippen LogP contribution in [0.3, 0.4) is 0 Å². The summed E-state index contributed by atoms with van der Waals surface area (Å²) >= 11 is 0. The molecule has 3 rings (SSSR count). The predicted octanol–water partition coefficient (Wildman–Crippen LogP) is 5.26. The van der Waals surface area contributed by atoms with Gasteiger partial charge in [-0.2, -0.15) is 0 Å². The minimum absolute atomic E-state index is 0.0562. The molecule has 0 aliphatic carbocycles. The van der Waals surface area contributed by atoms with E-state index in [0.717, 1.165) is 37.1 Å². The molecule has 0 bridgehead atoms. The zero-order chi connectivity index (χ0) is 23.8. The Morgan fingerprint density at radius 3 is 2.18 bits per heavy atom. The Morgan fingerprint density at radius 2 is 1.58 bits per heavy atom. The monoisotopic (exact) mass is 449 g/mol. The maximum atomic E-state index is 12.8. The highest BCUT2D eigenvalue weighted by molar-refractivity contribution is 5.95. The number of ether oxygens (including phenoxy) is 1. The molecule has 0 spiro atoms. The van der Waals surface area contributed by atoms with Crippen molar-refractivity contribution in [3.8, 4) is 0 Å². The van der Waals surface area contributed by atoms with Gasteiger partial charge in [-0.15, -0.1) is 0 Å². The van der Waals surface area contributed by atoms with Gasteiger partial charge >= 0.3 is 6.09 Å². The summed E-state index contributed by atoms with van der Waals surface area (Å²) in [5, 5.41) is 2.81. The lowest BCUT2D eigenvalue weighted by Gasteiger charge is -2.27. The van der Waals surface area contributed by atoms with Gasteiger partial charge in [0.05, 0.1) is 6.61 Å². The number of hydrogen-bond donors (Lipinski definition) is 1.